The standard InChI is InChI=1S/C24H18Cl2N4OS/c25-19-5-1-16(2-6-19)21-11-15(12-28-22(21)17-3-7-20(26)8-4-17)13-29-24(27)30-23(31)18-9-10-32-14-18/h1-12,14H,13H2,(H3,27,29,30,31). The van der Waals surface area contributed by atoms with Gasteiger partial charge in [0.25, 0.3) is 5.91 Å². The molecule has 0 spiro atoms. The molecule has 2 heterocycles. The molecule has 8 heteroatoms. The van der Waals surface area contributed by atoms with E-state index in [0.717, 1.165) is 27.9 Å². The normalized spacial score (nSPS) is 11.4. The van der Waals surface area contributed by atoms with Crippen molar-refractivity contribution in [2.75, 3.05) is 0 Å². The Labute approximate surface area is 199 Å². The van der Waals surface area contributed by atoms with E-state index in [2.05, 4.69) is 10.3 Å². The fourth-order valence-corrected chi connectivity index (χ4v) is 3.97. The number of halogens is 2. The molecule has 2 aromatic heterocycles. The van der Waals surface area contributed by atoms with Crippen LogP contribution in [-0.2, 0) is 6.54 Å². The van der Waals surface area contributed by atoms with Gasteiger partial charge in [-0.15, -0.1) is 0 Å². The van der Waals surface area contributed by atoms with Gasteiger partial charge in [-0.25, -0.2) is 0 Å². The first-order chi connectivity index (χ1) is 15.5. The molecule has 160 valence electrons. The number of aliphatic imine (C=N–C) groups is 1. The fourth-order valence-electron chi connectivity index (χ4n) is 3.08. The highest BCUT2D eigenvalue weighted by Gasteiger charge is 2.12. The second kappa shape index (κ2) is 9.96. The van der Waals surface area contributed by atoms with E-state index < -0.39 is 0 Å². The van der Waals surface area contributed by atoms with Gasteiger partial charge in [-0.05, 0) is 52.9 Å². The molecule has 0 atom stereocenters. The lowest BCUT2D eigenvalue weighted by molar-refractivity contribution is 0.100. The molecule has 0 unspecified atom stereocenters. The van der Waals surface area contributed by atoms with Gasteiger partial charge in [-0.1, -0.05) is 47.5 Å². The van der Waals surface area contributed by atoms with Gasteiger partial charge in [0.15, 0.2) is 5.96 Å². The molecule has 0 radical (unpaired) electrons. The lowest BCUT2D eigenvalue weighted by Crippen LogP contribution is -2.32. The van der Waals surface area contributed by atoms with Gasteiger partial charge in [0.1, 0.15) is 0 Å². The molecule has 0 saturated carbocycles. The van der Waals surface area contributed by atoms with Crippen molar-refractivity contribution in [1.82, 2.24) is 10.3 Å². The number of guanidine groups is 1. The number of nitrogens with one attached hydrogen (secondary N) is 1. The van der Waals surface area contributed by atoms with Gasteiger partial charge in [0.05, 0.1) is 11.3 Å². The highest BCUT2D eigenvalue weighted by molar-refractivity contribution is 7.08. The van der Waals surface area contributed by atoms with Crippen LogP contribution in [0.4, 0.5) is 0 Å². The summed E-state index contributed by atoms with van der Waals surface area (Å²) in [6.07, 6.45) is 1.77. The molecular weight excluding hydrogens is 463 g/mol. The largest absolute Gasteiger partial charge is 0.370 e. The highest BCUT2D eigenvalue weighted by Crippen LogP contribution is 2.32. The van der Waals surface area contributed by atoms with Crippen LogP contribution in [-0.4, -0.2) is 16.9 Å². The number of thiophene rings is 1. The molecule has 0 aliphatic carbocycles. The Morgan fingerprint density at radius 3 is 2.28 bits per heavy atom. The van der Waals surface area contributed by atoms with Crippen LogP contribution < -0.4 is 11.1 Å². The third-order valence-corrected chi connectivity index (χ3v) is 5.87. The predicted octanol–water partition coefficient (Wildman–Crippen LogP) is 6.03. The number of hydrogen-bond acceptors (Lipinski definition) is 3. The van der Waals surface area contributed by atoms with Crippen LogP contribution in [0.3, 0.4) is 0 Å². The zero-order chi connectivity index (χ0) is 22.5. The Morgan fingerprint density at radius 1 is 1.00 bits per heavy atom. The van der Waals surface area contributed by atoms with Crippen molar-refractivity contribution in [2.24, 2.45) is 10.7 Å². The third kappa shape index (κ3) is 5.34. The van der Waals surface area contributed by atoms with Crippen molar-refractivity contribution in [2.45, 2.75) is 6.54 Å². The van der Waals surface area contributed by atoms with Gasteiger partial charge in [0, 0.05) is 39.3 Å². The number of nitrogens with zero attached hydrogens (tertiary/aromatic N) is 2. The number of carbonyl (C=O) groups excluding carboxylic acids is 1. The molecule has 0 bridgehead atoms. The maximum absolute atomic E-state index is 12.1. The molecule has 2 aromatic carbocycles. The van der Waals surface area contributed by atoms with E-state index in [4.69, 9.17) is 33.9 Å². The van der Waals surface area contributed by atoms with Crippen LogP contribution >= 0.6 is 34.5 Å². The van der Waals surface area contributed by atoms with E-state index in [0.29, 0.717) is 22.2 Å². The zero-order valence-electron chi connectivity index (χ0n) is 16.8. The van der Waals surface area contributed by atoms with Crippen LogP contribution in [0, 0.1) is 0 Å². The molecule has 1 amide bonds. The van der Waals surface area contributed by atoms with Gasteiger partial charge >= 0.3 is 0 Å². The Kier molecular flexibility index (Phi) is 6.85. The number of hydrogen-bond donors (Lipinski definition) is 2. The summed E-state index contributed by atoms with van der Waals surface area (Å²) in [5, 5.41) is 7.85. The second-order valence-electron chi connectivity index (χ2n) is 6.92. The van der Waals surface area contributed by atoms with Crippen LogP contribution in [0.1, 0.15) is 15.9 Å². The van der Waals surface area contributed by atoms with Gasteiger partial charge in [-0.2, -0.15) is 16.3 Å². The number of aromatic nitrogens is 1. The number of amides is 1. The molecule has 0 aliphatic rings. The highest BCUT2D eigenvalue weighted by atomic mass is 35.5. The number of pyridine rings is 1. The van der Waals surface area contributed by atoms with Crippen molar-refractivity contribution >= 4 is 46.4 Å². The number of carbonyl (C=O) groups is 1. The van der Waals surface area contributed by atoms with E-state index >= 15 is 0 Å². The summed E-state index contributed by atoms with van der Waals surface area (Å²) in [7, 11) is 0. The van der Waals surface area contributed by atoms with Crippen molar-refractivity contribution < 1.29 is 4.79 Å². The third-order valence-electron chi connectivity index (χ3n) is 4.68. The monoisotopic (exact) mass is 480 g/mol. The number of nitrogens with two attached hydrogens (primary N) is 1. The fraction of sp³-hybridized carbons (Fsp3) is 0.0417. The summed E-state index contributed by atoms with van der Waals surface area (Å²) in [5.41, 5.74) is 11.0. The summed E-state index contributed by atoms with van der Waals surface area (Å²) in [6, 6.07) is 18.9. The summed E-state index contributed by atoms with van der Waals surface area (Å²) < 4.78 is 0. The van der Waals surface area contributed by atoms with Gasteiger partial charge in [-0.3, -0.25) is 9.78 Å². The molecular formula is C24H18Cl2N4OS. The smallest absolute Gasteiger partial charge is 0.281 e. The zero-order valence-corrected chi connectivity index (χ0v) is 19.1. The Morgan fingerprint density at radius 2 is 1.66 bits per heavy atom. The number of benzene rings is 2. The molecule has 0 saturated heterocycles. The lowest BCUT2D eigenvalue weighted by Gasteiger charge is -2.13. The van der Waals surface area contributed by atoms with E-state index in [-0.39, 0.29) is 11.9 Å². The first-order valence-electron chi connectivity index (χ1n) is 9.65. The Balaban J connectivity index is 1.61. The Hall–Kier alpha value is -3.19. The van der Waals surface area contributed by atoms with Crippen LogP contribution in [0.25, 0.3) is 22.4 Å². The topological polar surface area (TPSA) is 80.4 Å². The minimum absolute atomic E-state index is 0.0519. The van der Waals surface area contributed by atoms with E-state index in [1.165, 1.54) is 11.3 Å². The first-order valence-corrected chi connectivity index (χ1v) is 11.3. The molecule has 0 aliphatic heterocycles. The summed E-state index contributed by atoms with van der Waals surface area (Å²) in [4.78, 5) is 20.7. The minimum Gasteiger partial charge on any atom is -0.370 e. The van der Waals surface area contributed by atoms with E-state index in [9.17, 15) is 4.79 Å². The van der Waals surface area contributed by atoms with Crippen molar-refractivity contribution in [1.29, 1.82) is 0 Å². The lowest BCUT2D eigenvalue weighted by atomic mass is 9.98. The molecule has 32 heavy (non-hydrogen) atoms. The molecule has 3 N–H and O–H groups in total. The summed E-state index contributed by atoms with van der Waals surface area (Å²) >= 11 is 13.6. The average molecular weight is 481 g/mol. The predicted molar refractivity (Wildman–Crippen MR) is 132 cm³/mol. The molecule has 4 aromatic rings. The minimum atomic E-state index is -0.380. The SMILES string of the molecule is NC(=NC(=O)c1ccsc1)NCc1cnc(-c2ccc(Cl)cc2)c(-c2ccc(Cl)cc2)c1. The quantitative estimate of drug-likeness (QED) is 0.270. The van der Waals surface area contributed by atoms with E-state index in [1.54, 1.807) is 17.6 Å². The molecule has 5 nitrogen and oxygen atoms in total. The summed E-state index contributed by atoms with van der Waals surface area (Å²) in [6.45, 7) is 0.362. The van der Waals surface area contributed by atoms with Crippen molar-refractivity contribution in [3.63, 3.8) is 0 Å². The van der Waals surface area contributed by atoms with Crippen LogP contribution in [0.5, 0.6) is 0 Å². The first kappa shape index (κ1) is 22.0. The number of rotatable bonds is 5. The van der Waals surface area contributed by atoms with Crippen LogP contribution in [0.2, 0.25) is 10.0 Å². The van der Waals surface area contributed by atoms with Gasteiger partial charge in [0.2, 0.25) is 0 Å². The van der Waals surface area contributed by atoms with Gasteiger partial charge < -0.3 is 11.1 Å². The van der Waals surface area contributed by atoms with Crippen LogP contribution in [0.15, 0.2) is 82.6 Å². The summed E-state index contributed by atoms with van der Waals surface area (Å²) in [5.74, 6) is -0.328. The maximum Gasteiger partial charge on any atom is 0.281 e. The van der Waals surface area contributed by atoms with Crippen molar-refractivity contribution in [3.05, 3.63) is 98.8 Å². The van der Waals surface area contributed by atoms with Crippen molar-refractivity contribution in [3.8, 4) is 22.4 Å². The molecule has 0 fully saturated rings. The maximum atomic E-state index is 12.1. The molecule has 4 rings (SSSR count). The Bertz CT molecular complexity index is 1250. The second-order valence-corrected chi connectivity index (χ2v) is 8.57. The van der Waals surface area contributed by atoms with E-state index in [1.807, 2.05) is 60.0 Å². The average Bonchev–Trinajstić information content (AvgIpc) is 3.34.